The molecule has 0 radical (unpaired) electrons. The largest absolute Gasteiger partial charge is 0.478 e. The lowest BCUT2D eigenvalue weighted by molar-refractivity contribution is 0.0697. The van der Waals surface area contributed by atoms with Crippen LogP contribution in [-0.4, -0.2) is 67.2 Å². The van der Waals surface area contributed by atoms with Gasteiger partial charge in [0.25, 0.3) is 0 Å². The quantitative estimate of drug-likeness (QED) is 0.737. The Morgan fingerprint density at radius 2 is 1.86 bits per heavy atom. The Morgan fingerprint density at radius 3 is 2.48 bits per heavy atom. The van der Waals surface area contributed by atoms with Crippen LogP contribution in [0.2, 0.25) is 0 Å². The molecule has 1 heterocycles. The fourth-order valence-electron chi connectivity index (χ4n) is 2.50. The summed E-state index contributed by atoms with van der Waals surface area (Å²) < 4.78 is 0. The van der Waals surface area contributed by atoms with E-state index in [4.69, 9.17) is 5.11 Å². The molecular weight excluding hydrogens is 266 g/mol. The standard InChI is InChI=1S/C16H25N3O2/c1-18-9-11-19(12-10-18)8-2-7-17-13-14-3-5-15(6-4-14)16(20)21/h3-6,17H,2,7-13H2,1H3,(H,20,21). The van der Waals surface area contributed by atoms with Crippen molar-refractivity contribution in [3.8, 4) is 0 Å². The molecule has 1 aromatic rings. The molecule has 0 bridgehead atoms. The van der Waals surface area contributed by atoms with E-state index in [9.17, 15) is 4.79 Å². The van der Waals surface area contributed by atoms with Gasteiger partial charge in [0.15, 0.2) is 0 Å². The van der Waals surface area contributed by atoms with Gasteiger partial charge >= 0.3 is 5.97 Å². The third-order valence-corrected chi connectivity index (χ3v) is 3.95. The maximum absolute atomic E-state index is 10.8. The first kappa shape index (κ1) is 15.9. The van der Waals surface area contributed by atoms with Crippen molar-refractivity contribution >= 4 is 5.97 Å². The third kappa shape index (κ3) is 5.46. The van der Waals surface area contributed by atoms with Gasteiger partial charge in [-0.25, -0.2) is 4.79 Å². The number of nitrogens with zero attached hydrogens (tertiary/aromatic N) is 2. The minimum Gasteiger partial charge on any atom is -0.478 e. The molecule has 0 atom stereocenters. The molecule has 1 fully saturated rings. The summed E-state index contributed by atoms with van der Waals surface area (Å²) in [5, 5.41) is 12.3. The molecule has 0 amide bonds. The Balaban J connectivity index is 1.58. The van der Waals surface area contributed by atoms with Crippen LogP contribution in [0.4, 0.5) is 0 Å². The van der Waals surface area contributed by atoms with Crippen molar-refractivity contribution in [3.05, 3.63) is 35.4 Å². The van der Waals surface area contributed by atoms with Gasteiger partial charge in [-0.05, 0) is 44.3 Å². The summed E-state index contributed by atoms with van der Waals surface area (Å²) >= 11 is 0. The van der Waals surface area contributed by atoms with Crippen molar-refractivity contribution < 1.29 is 9.90 Å². The number of aromatic carboxylic acids is 1. The fourth-order valence-corrected chi connectivity index (χ4v) is 2.50. The van der Waals surface area contributed by atoms with Crippen LogP contribution in [0, 0.1) is 0 Å². The molecule has 0 spiro atoms. The first-order valence-electron chi connectivity index (χ1n) is 7.59. The van der Waals surface area contributed by atoms with E-state index >= 15 is 0 Å². The zero-order valence-electron chi connectivity index (χ0n) is 12.7. The monoisotopic (exact) mass is 291 g/mol. The van der Waals surface area contributed by atoms with Gasteiger partial charge in [-0.2, -0.15) is 0 Å². The molecule has 1 aromatic carbocycles. The minimum absolute atomic E-state index is 0.341. The van der Waals surface area contributed by atoms with E-state index in [1.807, 2.05) is 12.1 Å². The first-order chi connectivity index (χ1) is 10.1. The van der Waals surface area contributed by atoms with E-state index in [1.165, 1.54) is 26.2 Å². The number of carbonyl (C=O) groups is 1. The fraction of sp³-hybridized carbons (Fsp3) is 0.562. The van der Waals surface area contributed by atoms with Gasteiger partial charge in [-0.15, -0.1) is 0 Å². The van der Waals surface area contributed by atoms with Crippen LogP contribution in [0.15, 0.2) is 24.3 Å². The van der Waals surface area contributed by atoms with Crippen molar-refractivity contribution in [3.63, 3.8) is 0 Å². The summed E-state index contributed by atoms with van der Waals surface area (Å²) in [5.41, 5.74) is 1.47. The van der Waals surface area contributed by atoms with Crippen LogP contribution in [0.1, 0.15) is 22.3 Å². The van der Waals surface area contributed by atoms with E-state index in [2.05, 4.69) is 22.2 Å². The highest BCUT2D eigenvalue weighted by molar-refractivity contribution is 5.87. The molecule has 2 N–H and O–H groups in total. The number of piperazine rings is 1. The Morgan fingerprint density at radius 1 is 1.19 bits per heavy atom. The SMILES string of the molecule is CN1CCN(CCCNCc2ccc(C(=O)O)cc2)CC1. The second kappa shape index (κ2) is 8.12. The van der Waals surface area contributed by atoms with Crippen LogP contribution in [0.5, 0.6) is 0 Å². The zero-order chi connectivity index (χ0) is 15.1. The van der Waals surface area contributed by atoms with E-state index < -0.39 is 5.97 Å². The number of carboxylic acid groups (broad SMARTS) is 1. The van der Waals surface area contributed by atoms with Gasteiger partial charge in [-0.1, -0.05) is 12.1 Å². The van der Waals surface area contributed by atoms with E-state index in [1.54, 1.807) is 12.1 Å². The molecule has 0 aromatic heterocycles. The van der Waals surface area contributed by atoms with Gasteiger partial charge < -0.3 is 20.2 Å². The lowest BCUT2D eigenvalue weighted by Crippen LogP contribution is -2.45. The predicted octanol–water partition coefficient (Wildman–Crippen LogP) is 1.11. The molecule has 116 valence electrons. The van der Waals surface area contributed by atoms with Gasteiger partial charge in [-0.3, -0.25) is 0 Å². The molecule has 5 nitrogen and oxygen atoms in total. The highest BCUT2D eigenvalue weighted by atomic mass is 16.4. The van der Waals surface area contributed by atoms with Crippen molar-refractivity contribution in [1.82, 2.24) is 15.1 Å². The number of nitrogens with one attached hydrogen (secondary N) is 1. The average molecular weight is 291 g/mol. The first-order valence-corrected chi connectivity index (χ1v) is 7.59. The van der Waals surface area contributed by atoms with Gasteiger partial charge in [0.2, 0.25) is 0 Å². The molecule has 5 heteroatoms. The number of carboxylic acids is 1. The summed E-state index contributed by atoms with van der Waals surface area (Å²) in [7, 11) is 2.18. The highest BCUT2D eigenvalue weighted by Gasteiger charge is 2.12. The number of hydrogen-bond donors (Lipinski definition) is 2. The number of rotatable bonds is 7. The van der Waals surface area contributed by atoms with Crippen molar-refractivity contribution in [1.29, 1.82) is 0 Å². The maximum Gasteiger partial charge on any atom is 0.335 e. The minimum atomic E-state index is -0.873. The van der Waals surface area contributed by atoms with E-state index in [-0.39, 0.29) is 0 Å². The smallest absolute Gasteiger partial charge is 0.335 e. The number of hydrogen-bond acceptors (Lipinski definition) is 4. The van der Waals surface area contributed by atoms with Gasteiger partial charge in [0, 0.05) is 32.7 Å². The Hall–Kier alpha value is -1.43. The van der Waals surface area contributed by atoms with Crippen LogP contribution in [0.3, 0.4) is 0 Å². The molecule has 1 aliphatic heterocycles. The van der Waals surface area contributed by atoms with Crippen LogP contribution in [0.25, 0.3) is 0 Å². The lowest BCUT2D eigenvalue weighted by Gasteiger charge is -2.32. The zero-order valence-corrected chi connectivity index (χ0v) is 12.7. The van der Waals surface area contributed by atoms with E-state index in [0.29, 0.717) is 5.56 Å². The number of benzene rings is 1. The molecule has 1 saturated heterocycles. The summed E-state index contributed by atoms with van der Waals surface area (Å²) in [4.78, 5) is 15.6. The summed E-state index contributed by atoms with van der Waals surface area (Å²) in [6.45, 7) is 7.63. The van der Waals surface area contributed by atoms with Crippen molar-refractivity contribution in [2.75, 3.05) is 46.3 Å². The van der Waals surface area contributed by atoms with Crippen molar-refractivity contribution in [2.24, 2.45) is 0 Å². The lowest BCUT2D eigenvalue weighted by atomic mass is 10.1. The van der Waals surface area contributed by atoms with Crippen LogP contribution < -0.4 is 5.32 Å². The Bertz CT molecular complexity index is 439. The number of likely N-dealkylation sites (N-methyl/N-ethyl adjacent to an activating group) is 1. The topological polar surface area (TPSA) is 55.8 Å². The molecule has 0 aliphatic carbocycles. The third-order valence-electron chi connectivity index (χ3n) is 3.95. The van der Waals surface area contributed by atoms with Gasteiger partial charge in [0.05, 0.1) is 5.56 Å². The molecule has 1 aliphatic rings. The van der Waals surface area contributed by atoms with Crippen molar-refractivity contribution in [2.45, 2.75) is 13.0 Å². The second-order valence-electron chi connectivity index (χ2n) is 5.68. The van der Waals surface area contributed by atoms with Crippen LogP contribution in [-0.2, 0) is 6.54 Å². The van der Waals surface area contributed by atoms with E-state index in [0.717, 1.165) is 31.6 Å². The Kier molecular flexibility index (Phi) is 6.17. The maximum atomic E-state index is 10.8. The summed E-state index contributed by atoms with van der Waals surface area (Å²) in [6.07, 6.45) is 1.15. The Labute approximate surface area is 126 Å². The molecule has 0 saturated carbocycles. The molecule has 21 heavy (non-hydrogen) atoms. The second-order valence-corrected chi connectivity index (χ2v) is 5.68. The van der Waals surface area contributed by atoms with Crippen LogP contribution >= 0.6 is 0 Å². The normalized spacial score (nSPS) is 17.0. The van der Waals surface area contributed by atoms with Gasteiger partial charge in [0.1, 0.15) is 0 Å². The summed E-state index contributed by atoms with van der Waals surface area (Å²) in [5.74, 6) is -0.873. The molecule has 2 rings (SSSR count). The highest BCUT2D eigenvalue weighted by Crippen LogP contribution is 2.04. The average Bonchev–Trinajstić information content (AvgIpc) is 2.49. The summed E-state index contributed by atoms with van der Waals surface area (Å²) in [6, 6.07) is 7.06. The predicted molar refractivity (Wildman–Crippen MR) is 83.7 cm³/mol. The molecule has 0 unspecified atom stereocenters. The molecular formula is C16H25N3O2.